The Labute approximate surface area is 97.4 Å². The standard InChI is InChI=1S/C10H15N3O.C2H6/c1-6(5-11)12-10(14)9-7-2-3-8(4-7)13-9;1-2/h6-9,13H,2-4H2,1H3,(H,12,14);1-2H3/t6-,7-,8+,9-;/m0./s1. The third kappa shape index (κ3) is 2.73. The first-order chi connectivity index (χ1) is 7.70. The third-order valence-corrected chi connectivity index (χ3v) is 3.19. The Morgan fingerprint density at radius 3 is 2.62 bits per heavy atom. The van der Waals surface area contributed by atoms with E-state index in [1.165, 1.54) is 6.42 Å². The first kappa shape index (κ1) is 13.0. The van der Waals surface area contributed by atoms with E-state index in [9.17, 15) is 4.79 Å². The number of hydrogen-bond donors (Lipinski definition) is 2. The van der Waals surface area contributed by atoms with E-state index in [0.717, 1.165) is 12.8 Å². The highest BCUT2D eigenvalue weighted by Gasteiger charge is 2.42. The van der Waals surface area contributed by atoms with Gasteiger partial charge in [-0.1, -0.05) is 13.8 Å². The van der Waals surface area contributed by atoms with Crippen molar-refractivity contribution >= 4 is 5.91 Å². The number of hydrogen-bond acceptors (Lipinski definition) is 3. The highest BCUT2D eigenvalue weighted by atomic mass is 16.2. The lowest BCUT2D eigenvalue weighted by atomic mass is 9.99. The lowest BCUT2D eigenvalue weighted by Gasteiger charge is -2.22. The van der Waals surface area contributed by atoms with Gasteiger partial charge in [-0.05, 0) is 32.1 Å². The van der Waals surface area contributed by atoms with Gasteiger partial charge in [-0.25, -0.2) is 0 Å². The molecule has 2 fully saturated rings. The number of piperidine rings is 1. The maximum absolute atomic E-state index is 11.7. The van der Waals surface area contributed by atoms with E-state index in [1.807, 2.05) is 19.9 Å². The molecule has 1 heterocycles. The Hall–Kier alpha value is -1.08. The fourth-order valence-electron chi connectivity index (χ4n) is 2.49. The highest BCUT2D eigenvalue weighted by molar-refractivity contribution is 5.83. The van der Waals surface area contributed by atoms with Crippen molar-refractivity contribution in [2.45, 2.75) is 58.2 Å². The Kier molecular flexibility index (Phi) is 4.75. The van der Waals surface area contributed by atoms with Gasteiger partial charge in [0.15, 0.2) is 0 Å². The average Bonchev–Trinajstić information content (AvgIpc) is 2.93. The normalized spacial score (nSPS) is 32.2. The van der Waals surface area contributed by atoms with Crippen molar-refractivity contribution in [3.8, 4) is 6.07 Å². The zero-order chi connectivity index (χ0) is 12.1. The van der Waals surface area contributed by atoms with Crippen LogP contribution in [0.3, 0.4) is 0 Å². The van der Waals surface area contributed by atoms with Gasteiger partial charge < -0.3 is 10.6 Å². The fraction of sp³-hybridized carbons (Fsp3) is 0.833. The molecule has 1 amide bonds. The number of nitriles is 1. The summed E-state index contributed by atoms with van der Waals surface area (Å²) in [6.45, 7) is 5.70. The third-order valence-electron chi connectivity index (χ3n) is 3.19. The lowest BCUT2D eigenvalue weighted by molar-refractivity contribution is -0.124. The maximum Gasteiger partial charge on any atom is 0.238 e. The summed E-state index contributed by atoms with van der Waals surface area (Å²) in [6.07, 6.45) is 3.47. The number of rotatable bonds is 2. The minimum atomic E-state index is -0.386. The summed E-state index contributed by atoms with van der Waals surface area (Å²) >= 11 is 0. The van der Waals surface area contributed by atoms with Crippen molar-refractivity contribution in [2.75, 3.05) is 0 Å². The van der Waals surface area contributed by atoms with E-state index in [1.54, 1.807) is 6.92 Å². The van der Waals surface area contributed by atoms with Crippen LogP contribution in [-0.4, -0.2) is 24.0 Å². The summed E-state index contributed by atoms with van der Waals surface area (Å²) < 4.78 is 0. The van der Waals surface area contributed by atoms with E-state index in [0.29, 0.717) is 12.0 Å². The largest absolute Gasteiger partial charge is 0.339 e. The number of amides is 1. The van der Waals surface area contributed by atoms with Crippen LogP contribution in [0.1, 0.15) is 40.0 Å². The van der Waals surface area contributed by atoms with E-state index >= 15 is 0 Å². The molecule has 0 unspecified atom stereocenters. The molecule has 1 aliphatic carbocycles. The van der Waals surface area contributed by atoms with Crippen LogP contribution in [0.5, 0.6) is 0 Å². The molecule has 0 radical (unpaired) electrons. The molecule has 0 aromatic heterocycles. The highest BCUT2D eigenvalue weighted by Crippen LogP contribution is 2.35. The first-order valence-electron chi connectivity index (χ1n) is 6.16. The maximum atomic E-state index is 11.7. The monoisotopic (exact) mass is 223 g/mol. The summed E-state index contributed by atoms with van der Waals surface area (Å²) in [7, 11) is 0. The second-order valence-corrected chi connectivity index (χ2v) is 4.27. The lowest BCUT2D eigenvalue weighted by Crippen LogP contribution is -2.49. The van der Waals surface area contributed by atoms with Gasteiger partial charge in [-0.3, -0.25) is 4.79 Å². The second-order valence-electron chi connectivity index (χ2n) is 4.27. The van der Waals surface area contributed by atoms with Crippen molar-refractivity contribution < 1.29 is 4.79 Å². The van der Waals surface area contributed by atoms with Crippen LogP contribution < -0.4 is 10.6 Å². The van der Waals surface area contributed by atoms with Crippen molar-refractivity contribution in [1.82, 2.24) is 10.6 Å². The summed E-state index contributed by atoms with van der Waals surface area (Å²) in [4.78, 5) is 11.7. The average molecular weight is 223 g/mol. The second kappa shape index (κ2) is 5.86. The molecule has 2 N–H and O–H groups in total. The van der Waals surface area contributed by atoms with E-state index in [2.05, 4.69) is 10.6 Å². The minimum absolute atomic E-state index is 0.00810. The zero-order valence-corrected chi connectivity index (χ0v) is 10.3. The number of nitrogens with zero attached hydrogens (tertiary/aromatic N) is 1. The molecule has 0 aromatic rings. The van der Waals surface area contributed by atoms with Gasteiger partial charge in [0, 0.05) is 6.04 Å². The number of nitrogens with one attached hydrogen (secondary N) is 2. The van der Waals surface area contributed by atoms with Gasteiger partial charge >= 0.3 is 0 Å². The molecule has 16 heavy (non-hydrogen) atoms. The molecule has 1 saturated heterocycles. The molecule has 90 valence electrons. The van der Waals surface area contributed by atoms with Gasteiger partial charge in [-0.15, -0.1) is 0 Å². The Balaban J connectivity index is 0.000000606. The molecule has 4 atom stereocenters. The summed E-state index contributed by atoms with van der Waals surface area (Å²) in [6, 6.07) is 2.10. The van der Waals surface area contributed by atoms with E-state index in [4.69, 9.17) is 5.26 Å². The predicted molar refractivity (Wildman–Crippen MR) is 62.6 cm³/mol. The van der Waals surface area contributed by atoms with Crippen molar-refractivity contribution in [2.24, 2.45) is 5.92 Å². The zero-order valence-electron chi connectivity index (χ0n) is 10.3. The molecule has 4 nitrogen and oxygen atoms in total. The quantitative estimate of drug-likeness (QED) is 0.739. The number of carbonyl (C=O) groups is 1. The first-order valence-corrected chi connectivity index (χ1v) is 6.16. The van der Waals surface area contributed by atoms with Gasteiger partial charge in [0.05, 0.1) is 12.1 Å². The van der Waals surface area contributed by atoms with Crippen LogP contribution in [-0.2, 0) is 4.79 Å². The van der Waals surface area contributed by atoms with Gasteiger partial charge in [0.1, 0.15) is 6.04 Å². The summed E-state index contributed by atoms with van der Waals surface area (Å²) in [5.41, 5.74) is 0. The van der Waals surface area contributed by atoms with Crippen LogP contribution in [0.15, 0.2) is 0 Å². The molecule has 0 spiro atoms. The smallest absolute Gasteiger partial charge is 0.238 e. The Morgan fingerprint density at radius 1 is 1.50 bits per heavy atom. The topological polar surface area (TPSA) is 64.9 Å². The van der Waals surface area contributed by atoms with Crippen molar-refractivity contribution in [3.05, 3.63) is 0 Å². The molecule has 2 bridgehead atoms. The van der Waals surface area contributed by atoms with Crippen LogP contribution in [0.2, 0.25) is 0 Å². The molecular weight excluding hydrogens is 202 g/mol. The molecule has 1 aliphatic heterocycles. The minimum Gasteiger partial charge on any atom is -0.339 e. The molecule has 2 rings (SSSR count). The van der Waals surface area contributed by atoms with Gasteiger partial charge in [-0.2, -0.15) is 5.26 Å². The van der Waals surface area contributed by atoms with Crippen molar-refractivity contribution in [3.63, 3.8) is 0 Å². The Morgan fingerprint density at radius 2 is 2.19 bits per heavy atom. The number of carbonyl (C=O) groups excluding carboxylic acids is 1. The van der Waals surface area contributed by atoms with Crippen LogP contribution >= 0.6 is 0 Å². The van der Waals surface area contributed by atoms with Crippen LogP contribution in [0.4, 0.5) is 0 Å². The summed E-state index contributed by atoms with van der Waals surface area (Å²) in [5, 5.41) is 14.6. The van der Waals surface area contributed by atoms with Gasteiger partial charge in [0.2, 0.25) is 5.91 Å². The van der Waals surface area contributed by atoms with Crippen molar-refractivity contribution in [1.29, 1.82) is 5.26 Å². The number of fused-ring (bicyclic) bond motifs is 2. The fourth-order valence-corrected chi connectivity index (χ4v) is 2.49. The molecular formula is C12H21N3O. The predicted octanol–water partition coefficient (Wildman–Crippen LogP) is 1.18. The SMILES string of the molecule is CC.C[C@@H](C#N)NC(=O)[C@H]1N[C@@H]2CC[C@H]1C2. The van der Waals surface area contributed by atoms with Crippen LogP contribution in [0.25, 0.3) is 0 Å². The molecule has 4 heteroatoms. The molecule has 1 saturated carbocycles. The van der Waals surface area contributed by atoms with Crippen LogP contribution in [0, 0.1) is 17.2 Å². The molecule has 2 aliphatic rings. The van der Waals surface area contributed by atoms with E-state index in [-0.39, 0.29) is 18.0 Å². The van der Waals surface area contributed by atoms with E-state index < -0.39 is 0 Å². The summed E-state index contributed by atoms with van der Waals surface area (Å²) in [5.74, 6) is 0.483. The van der Waals surface area contributed by atoms with Gasteiger partial charge in [0.25, 0.3) is 0 Å². The molecule has 0 aromatic carbocycles. The Bertz CT molecular complexity index is 284.